The number of nitrogens with zero attached hydrogens (tertiary/aromatic N) is 1. The third kappa shape index (κ3) is 8.20. The van der Waals surface area contributed by atoms with E-state index in [9.17, 15) is 9.90 Å². The van der Waals surface area contributed by atoms with E-state index in [4.69, 9.17) is 4.74 Å². The number of ether oxygens (including phenoxy) is 1. The highest BCUT2D eigenvalue weighted by molar-refractivity contribution is 7.59. The zero-order valence-corrected chi connectivity index (χ0v) is 15.6. The van der Waals surface area contributed by atoms with Gasteiger partial charge in [0.15, 0.2) is 0 Å². The van der Waals surface area contributed by atoms with Gasteiger partial charge in [-0.05, 0) is 18.1 Å². The Morgan fingerprint density at radius 3 is 1.92 bits per heavy atom. The highest BCUT2D eigenvalue weighted by Gasteiger charge is 2.16. The maximum absolute atomic E-state index is 11.6. The predicted molar refractivity (Wildman–Crippen MR) is 105 cm³/mol. The Labute approximate surface area is 156 Å². The third-order valence-corrected chi connectivity index (χ3v) is 3.67. The van der Waals surface area contributed by atoms with E-state index in [2.05, 4.69) is 29.2 Å². The molecule has 0 aliphatic carbocycles. The van der Waals surface area contributed by atoms with Crippen LogP contribution in [0.3, 0.4) is 0 Å². The Bertz CT molecular complexity index is 565. The number of esters is 1. The highest BCUT2D eigenvalue weighted by Crippen LogP contribution is 2.11. The first kappa shape index (κ1) is 21.2. The molecule has 0 bridgehead atoms. The van der Waals surface area contributed by atoms with Crippen molar-refractivity contribution in [3.63, 3.8) is 0 Å². The Morgan fingerprint density at radius 1 is 1.00 bits per heavy atom. The van der Waals surface area contributed by atoms with Crippen LogP contribution in [0.1, 0.15) is 24.5 Å². The molecule has 2 rings (SSSR count). The van der Waals surface area contributed by atoms with Crippen LogP contribution in [0.5, 0.6) is 0 Å². The average Bonchev–Trinajstić information content (AvgIpc) is 2.56. The molecule has 0 unspecified atom stereocenters. The van der Waals surface area contributed by atoms with E-state index >= 15 is 0 Å². The summed E-state index contributed by atoms with van der Waals surface area (Å²) in [5.74, 6) is -0.357. The van der Waals surface area contributed by atoms with Gasteiger partial charge < -0.3 is 9.84 Å². The predicted octanol–water partition coefficient (Wildman–Crippen LogP) is 3.12. The van der Waals surface area contributed by atoms with Crippen LogP contribution in [0, 0.1) is 0 Å². The van der Waals surface area contributed by atoms with E-state index in [1.54, 1.807) is 6.92 Å². The second kappa shape index (κ2) is 11.7. The summed E-state index contributed by atoms with van der Waals surface area (Å²) >= 11 is 0. The highest BCUT2D eigenvalue weighted by atomic mass is 32.1. The summed E-state index contributed by atoms with van der Waals surface area (Å²) in [5, 5.41) is 10.2. The van der Waals surface area contributed by atoms with Gasteiger partial charge in [-0.15, -0.1) is 0 Å². The van der Waals surface area contributed by atoms with Crippen molar-refractivity contribution in [3.8, 4) is 0 Å². The van der Waals surface area contributed by atoms with Crippen LogP contribution in [-0.4, -0.2) is 35.2 Å². The lowest BCUT2D eigenvalue weighted by Crippen LogP contribution is -2.33. The molecule has 0 fully saturated rings. The maximum atomic E-state index is 11.6. The van der Waals surface area contributed by atoms with Crippen LogP contribution < -0.4 is 0 Å². The fourth-order valence-electron chi connectivity index (χ4n) is 2.64. The van der Waals surface area contributed by atoms with Gasteiger partial charge >= 0.3 is 5.97 Å². The molecule has 0 aliphatic heterocycles. The van der Waals surface area contributed by atoms with E-state index in [-0.39, 0.29) is 25.9 Å². The smallest absolute Gasteiger partial charge is 0.308 e. The van der Waals surface area contributed by atoms with Crippen molar-refractivity contribution < 1.29 is 14.6 Å². The topological polar surface area (TPSA) is 49.8 Å². The first-order chi connectivity index (χ1) is 11.7. The third-order valence-electron chi connectivity index (χ3n) is 3.67. The van der Waals surface area contributed by atoms with Crippen LogP contribution in [-0.2, 0) is 22.6 Å². The second-order valence-corrected chi connectivity index (χ2v) is 5.80. The van der Waals surface area contributed by atoms with Gasteiger partial charge in [0.2, 0.25) is 0 Å². The molecule has 25 heavy (non-hydrogen) atoms. The number of aliphatic hydroxyl groups is 1. The van der Waals surface area contributed by atoms with Crippen molar-refractivity contribution in [2.45, 2.75) is 32.5 Å². The summed E-state index contributed by atoms with van der Waals surface area (Å²) in [4.78, 5) is 13.7. The molecule has 0 amide bonds. The van der Waals surface area contributed by atoms with Gasteiger partial charge in [-0.1, -0.05) is 60.7 Å². The molecular formula is C20H27NO3S. The summed E-state index contributed by atoms with van der Waals surface area (Å²) in [6.07, 6.45) is -0.718. The molecule has 0 saturated carbocycles. The van der Waals surface area contributed by atoms with Gasteiger partial charge in [-0.2, -0.15) is 13.5 Å². The SMILES string of the molecule is CCOC(=O)C[C@H](O)CN(Cc1ccccc1)Cc1ccccc1.S. The number of rotatable bonds is 9. The first-order valence-corrected chi connectivity index (χ1v) is 8.31. The molecule has 0 aliphatic rings. The van der Waals surface area contributed by atoms with E-state index in [0.29, 0.717) is 13.2 Å². The average molecular weight is 362 g/mol. The summed E-state index contributed by atoms with van der Waals surface area (Å²) in [6, 6.07) is 20.3. The Kier molecular flexibility index (Phi) is 9.92. The molecule has 4 nitrogen and oxygen atoms in total. The summed E-state index contributed by atoms with van der Waals surface area (Å²) < 4.78 is 4.91. The van der Waals surface area contributed by atoms with Crippen molar-refractivity contribution in [2.75, 3.05) is 13.2 Å². The fraction of sp³-hybridized carbons (Fsp3) is 0.350. The number of hydrogen-bond donors (Lipinski definition) is 1. The van der Waals surface area contributed by atoms with Crippen LogP contribution in [0.15, 0.2) is 60.7 Å². The molecule has 1 atom stereocenters. The molecule has 0 radical (unpaired) electrons. The van der Waals surface area contributed by atoms with Crippen molar-refractivity contribution in [1.29, 1.82) is 0 Å². The van der Waals surface area contributed by atoms with Crippen molar-refractivity contribution in [3.05, 3.63) is 71.8 Å². The van der Waals surface area contributed by atoms with Gasteiger partial charge in [-0.25, -0.2) is 0 Å². The minimum Gasteiger partial charge on any atom is -0.466 e. The second-order valence-electron chi connectivity index (χ2n) is 5.80. The quantitative estimate of drug-likeness (QED) is 0.697. The molecule has 0 aromatic heterocycles. The van der Waals surface area contributed by atoms with E-state index in [0.717, 1.165) is 13.1 Å². The largest absolute Gasteiger partial charge is 0.466 e. The number of benzene rings is 2. The van der Waals surface area contributed by atoms with Crippen LogP contribution in [0.2, 0.25) is 0 Å². The lowest BCUT2D eigenvalue weighted by molar-refractivity contribution is -0.145. The Morgan fingerprint density at radius 2 is 1.48 bits per heavy atom. The van der Waals surface area contributed by atoms with Crippen molar-refractivity contribution in [1.82, 2.24) is 4.90 Å². The fourth-order valence-corrected chi connectivity index (χ4v) is 2.64. The van der Waals surface area contributed by atoms with Crippen LogP contribution >= 0.6 is 13.5 Å². The van der Waals surface area contributed by atoms with Gasteiger partial charge in [0.25, 0.3) is 0 Å². The molecular weight excluding hydrogens is 334 g/mol. The number of hydrogen-bond acceptors (Lipinski definition) is 4. The summed E-state index contributed by atoms with van der Waals surface area (Å²) in [7, 11) is 0. The standard InChI is InChI=1S/C20H25NO3.H2S/c1-2-24-20(23)13-19(22)16-21(14-17-9-5-3-6-10-17)15-18-11-7-4-8-12-18;/h3-12,19,22H,2,13-16H2,1H3;1H2/t19-;/m0./s1. The van der Waals surface area contributed by atoms with Crippen LogP contribution in [0.25, 0.3) is 0 Å². The number of aliphatic hydroxyl groups excluding tert-OH is 1. The van der Waals surface area contributed by atoms with E-state index < -0.39 is 6.10 Å². The molecule has 0 spiro atoms. The number of carbonyl (C=O) groups excluding carboxylic acids is 1. The summed E-state index contributed by atoms with van der Waals surface area (Å²) in [5.41, 5.74) is 2.36. The summed E-state index contributed by atoms with van der Waals surface area (Å²) in [6.45, 7) is 3.96. The normalized spacial score (nSPS) is 11.6. The monoisotopic (exact) mass is 361 g/mol. The lowest BCUT2D eigenvalue weighted by atomic mass is 10.1. The first-order valence-electron chi connectivity index (χ1n) is 8.31. The number of carbonyl (C=O) groups is 1. The lowest BCUT2D eigenvalue weighted by Gasteiger charge is -2.25. The zero-order valence-electron chi connectivity index (χ0n) is 14.6. The maximum Gasteiger partial charge on any atom is 0.308 e. The van der Waals surface area contributed by atoms with Crippen molar-refractivity contribution in [2.24, 2.45) is 0 Å². The molecule has 5 heteroatoms. The van der Waals surface area contributed by atoms with Crippen molar-refractivity contribution >= 4 is 19.5 Å². The van der Waals surface area contributed by atoms with Crippen LogP contribution in [0.4, 0.5) is 0 Å². The Balaban J connectivity index is 0.00000312. The molecule has 1 N–H and O–H groups in total. The Hall–Kier alpha value is -1.82. The molecule has 2 aromatic carbocycles. The minimum absolute atomic E-state index is 0. The minimum atomic E-state index is -0.739. The van der Waals surface area contributed by atoms with Gasteiger partial charge in [0.1, 0.15) is 0 Å². The van der Waals surface area contributed by atoms with E-state index in [1.165, 1.54) is 11.1 Å². The molecule has 0 heterocycles. The molecule has 2 aromatic rings. The zero-order chi connectivity index (χ0) is 17.2. The van der Waals surface area contributed by atoms with Gasteiger partial charge in [-0.3, -0.25) is 9.69 Å². The van der Waals surface area contributed by atoms with Gasteiger partial charge in [0, 0.05) is 19.6 Å². The van der Waals surface area contributed by atoms with Gasteiger partial charge in [0.05, 0.1) is 19.1 Å². The molecule has 0 saturated heterocycles. The van der Waals surface area contributed by atoms with E-state index in [1.807, 2.05) is 36.4 Å². The molecule has 136 valence electrons.